The van der Waals surface area contributed by atoms with Gasteiger partial charge in [0.05, 0.1) is 11.4 Å². The molecule has 0 aliphatic heterocycles. The summed E-state index contributed by atoms with van der Waals surface area (Å²) in [4.78, 5) is 22.6. The minimum Gasteiger partial charge on any atom is -0.265 e. The Hall–Kier alpha value is -4.55. The van der Waals surface area contributed by atoms with Gasteiger partial charge in [-0.1, -0.05) is 52.3 Å². The van der Waals surface area contributed by atoms with Gasteiger partial charge >= 0.3 is 0 Å². The third-order valence-corrected chi connectivity index (χ3v) is 6.49. The van der Waals surface area contributed by atoms with E-state index in [9.17, 15) is 0 Å². The van der Waals surface area contributed by atoms with Gasteiger partial charge in [0.2, 0.25) is 0 Å². The Labute approximate surface area is 223 Å². The van der Waals surface area contributed by atoms with Gasteiger partial charge in [0.15, 0.2) is 5.82 Å². The Bertz CT molecular complexity index is 1660. The lowest BCUT2D eigenvalue weighted by atomic mass is 10.0. The van der Waals surface area contributed by atoms with Crippen molar-refractivity contribution >= 4 is 15.9 Å². The van der Waals surface area contributed by atoms with Crippen LogP contribution in [-0.2, 0) is 0 Å². The standard InChI is InChI=1S/C31H20BrN5/c32-28-16-26(25-4-2-12-35-20-25)15-27(17-28)30-18-29(36-31(37-30)23-9-13-33-14-10-23)22-7-5-21(6-8-22)24-3-1-11-34-19-24/h1-20H. The molecule has 0 bridgehead atoms. The largest absolute Gasteiger partial charge is 0.265 e. The molecule has 0 saturated carbocycles. The second-order valence-corrected chi connectivity index (χ2v) is 9.40. The lowest BCUT2D eigenvalue weighted by Crippen LogP contribution is -1.96. The highest BCUT2D eigenvalue weighted by Crippen LogP contribution is 2.33. The zero-order chi connectivity index (χ0) is 25.0. The van der Waals surface area contributed by atoms with E-state index in [1.165, 1.54) is 0 Å². The van der Waals surface area contributed by atoms with E-state index < -0.39 is 0 Å². The molecular formula is C31H20BrN5. The average molecular weight is 542 g/mol. The number of pyridine rings is 3. The molecule has 0 fully saturated rings. The second kappa shape index (κ2) is 10.2. The van der Waals surface area contributed by atoms with E-state index in [4.69, 9.17) is 9.97 Å². The molecule has 0 amide bonds. The molecule has 4 aromatic heterocycles. The zero-order valence-electron chi connectivity index (χ0n) is 19.7. The van der Waals surface area contributed by atoms with Gasteiger partial charge in [-0.3, -0.25) is 15.0 Å². The summed E-state index contributed by atoms with van der Waals surface area (Å²) in [5.74, 6) is 0.647. The van der Waals surface area contributed by atoms with Crippen LogP contribution in [-0.4, -0.2) is 24.9 Å². The van der Waals surface area contributed by atoms with Gasteiger partial charge in [-0.05, 0) is 65.2 Å². The Morgan fingerprint density at radius 2 is 1.03 bits per heavy atom. The topological polar surface area (TPSA) is 64.5 Å². The SMILES string of the molecule is Brc1cc(-c2cccnc2)cc(-c2cc(-c3ccc(-c4cccnc4)cc3)nc(-c3ccncc3)n2)c1. The highest BCUT2D eigenvalue weighted by molar-refractivity contribution is 9.10. The number of hydrogen-bond donors (Lipinski definition) is 0. The highest BCUT2D eigenvalue weighted by Gasteiger charge is 2.13. The minimum absolute atomic E-state index is 0.647. The van der Waals surface area contributed by atoms with Crippen LogP contribution in [0.5, 0.6) is 0 Å². The number of nitrogens with zero attached hydrogens (tertiary/aromatic N) is 5. The van der Waals surface area contributed by atoms with Crippen LogP contribution in [0.15, 0.2) is 127 Å². The molecule has 37 heavy (non-hydrogen) atoms. The van der Waals surface area contributed by atoms with Gasteiger partial charge in [0, 0.05) is 63.9 Å². The summed E-state index contributed by atoms with van der Waals surface area (Å²) in [6.07, 6.45) is 10.8. The van der Waals surface area contributed by atoms with Crippen molar-refractivity contribution in [3.05, 3.63) is 127 Å². The van der Waals surface area contributed by atoms with Gasteiger partial charge in [-0.2, -0.15) is 0 Å². The van der Waals surface area contributed by atoms with E-state index >= 15 is 0 Å². The first-order valence-corrected chi connectivity index (χ1v) is 12.5. The van der Waals surface area contributed by atoms with Gasteiger partial charge in [-0.15, -0.1) is 0 Å². The van der Waals surface area contributed by atoms with Crippen LogP contribution in [0.25, 0.3) is 56.2 Å². The molecule has 4 heterocycles. The van der Waals surface area contributed by atoms with Crippen molar-refractivity contribution in [3.8, 4) is 56.2 Å². The first kappa shape index (κ1) is 22.9. The Morgan fingerprint density at radius 3 is 1.68 bits per heavy atom. The van der Waals surface area contributed by atoms with Crippen molar-refractivity contribution < 1.29 is 0 Å². The first-order chi connectivity index (χ1) is 18.2. The van der Waals surface area contributed by atoms with Crippen LogP contribution < -0.4 is 0 Å². The molecule has 0 saturated heterocycles. The van der Waals surface area contributed by atoms with Crippen LogP contribution in [0.1, 0.15) is 0 Å². The molecule has 0 aliphatic rings. The van der Waals surface area contributed by atoms with Crippen molar-refractivity contribution in [1.29, 1.82) is 0 Å². The van der Waals surface area contributed by atoms with Crippen LogP contribution >= 0.6 is 15.9 Å². The number of benzene rings is 2. The summed E-state index contributed by atoms with van der Waals surface area (Å²) in [7, 11) is 0. The molecule has 5 nitrogen and oxygen atoms in total. The molecule has 6 rings (SSSR count). The predicted octanol–water partition coefficient (Wildman–Crippen LogP) is 7.76. The molecule has 0 spiro atoms. The number of halogens is 1. The zero-order valence-corrected chi connectivity index (χ0v) is 21.2. The lowest BCUT2D eigenvalue weighted by Gasteiger charge is -2.11. The van der Waals surface area contributed by atoms with E-state index in [2.05, 4.69) is 85.5 Å². The second-order valence-electron chi connectivity index (χ2n) is 8.49. The van der Waals surface area contributed by atoms with Crippen molar-refractivity contribution in [1.82, 2.24) is 24.9 Å². The third-order valence-electron chi connectivity index (χ3n) is 6.03. The van der Waals surface area contributed by atoms with Crippen molar-refractivity contribution in [2.45, 2.75) is 0 Å². The smallest absolute Gasteiger partial charge is 0.160 e. The van der Waals surface area contributed by atoms with Crippen molar-refractivity contribution in [2.75, 3.05) is 0 Å². The molecule has 0 unspecified atom stereocenters. The van der Waals surface area contributed by atoms with E-state index in [1.54, 1.807) is 24.8 Å². The van der Waals surface area contributed by atoms with Crippen LogP contribution in [0.4, 0.5) is 0 Å². The maximum absolute atomic E-state index is 4.96. The summed E-state index contributed by atoms with van der Waals surface area (Å²) in [6, 6.07) is 28.6. The molecule has 176 valence electrons. The molecule has 0 atom stereocenters. The summed E-state index contributed by atoms with van der Waals surface area (Å²) in [5.41, 5.74) is 8.86. The fourth-order valence-corrected chi connectivity index (χ4v) is 4.67. The van der Waals surface area contributed by atoms with Crippen LogP contribution in [0.3, 0.4) is 0 Å². The van der Waals surface area contributed by atoms with Crippen molar-refractivity contribution in [3.63, 3.8) is 0 Å². The van der Waals surface area contributed by atoms with Crippen molar-refractivity contribution in [2.24, 2.45) is 0 Å². The fraction of sp³-hybridized carbons (Fsp3) is 0. The van der Waals surface area contributed by atoms with Gasteiger partial charge in [-0.25, -0.2) is 9.97 Å². The summed E-state index contributed by atoms with van der Waals surface area (Å²) in [5, 5.41) is 0. The molecule has 6 heteroatoms. The van der Waals surface area contributed by atoms with E-state index in [0.717, 1.165) is 54.8 Å². The Morgan fingerprint density at radius 1 is 0.432 bits per heavy atom. The van der Waals surface area contributed by atoms with Crippen LogP contribution in [0.2, 0.25) is 0 Å². The highest BCUT2D eigenvalue weighted by atomic mass is 79.9. The maximum Gasteiger partial charge on any atom is 0.160 e. The van der Waals surface area contributed by atoms with Crippen LogP contribution in [0, 0.1) is 0 Å². The molecule has 6 aromatic rings. The average Bonchev–Trinajstić information content (AvgIpc) is 2.98. The number of rotatable bonds is 5. The lowest BCUT2D eigenvalue weighted by molar-refractivity contribution is 1.17. The molecular weight excluding hydrogens is 522 g/mol. The van der Waals surface area contributed by atoms with E-state index in [0.29, 0.717) is 5.82 Å². The number of hydrogen-bond acceptors (Lipinski definition) is 5. The third kappa shape index (κ3) is 5.06. The van der Waals surface area contributed by atoms with E-state index in [-0.39, 0.29) is 0 Å². The van der Waals surface area contributed by atoms with E-state index in [1.807, 2.05) is 42.7 Å². The quantitative estimate of drug-likeness (QED) is 0.223. The summed E-state index contributed by atoms with van der Waals surface area (Å²) < 4.78 is 0.968. The number of aromatic nitrogens is 5. The molecule has 0 N–H and O–H groups in total. The maximum atomic E-state index is 4.96. The monoisotopic (exact) mass is 541 g/mol. The predicted molar refractivity (Wildman–Crippen MR) is 150 cm³/mol. The fourth-order valence-electron chi connectivity index (χ4n) is 4.18. The molecule has 0 radical (unpaired) electrons. The normalized spacial score (nSPS) is 10.8. The Kier molecular flexibility index (Phi) is 6.31. The molecule has 2 aromatic carbocycles. The summed E-state index contributed by atoms with van der Waals surface area (Å²) >= 11 is 3.69. The van der Waals surface area contributed by atoms with Gasteiger partial charge < -0.3 is 0 Å². The summed E-state index contributed by atoms with van der Waals surface area (Å²) in [6.45, 7) is 0. The van der Waals surface area contributed by atoms with Gasteiger partial charge in [0.25, 0.3) is 0 Å². The first-order valence-electron chi connectivity index (χ1n) is 11.7. The van der Waals surface area contributed by atoms with Gasteiger partial charge in [0.1, 0.15) is 0 Å². The molecule has 0 aliphatic carbocycles. The minimum atomic E-state index is 0.647. The Balaban J connectivity index is 1.47.